The zero-order valence-electron chi connectivity index (χ0n) is 14.7. The monoisotopic (exact) mass is 380 g/mol. The third-order valence-electron chi connectivity index (χ3n) is 4.48. The molecule has 0 spiro atoms. The molecule has 1 aromatic carbocycles. The summed E-state index contributed by atoms with van der Waals surface area (Å²) in [6, 6.07) is 6.65. The minimum atomic E-state index is -3.67. The summed E-state index contributed by atoms with van der Waals surface area (Å²) >= 11 is 0. The van der Waals surface area contributed by atoms with Crippen molar-refractivity contribution in [3.63, 3.8) is 0 Å². The minimum absolute atomic E-state index is 0.0494. The Balaban J connectivity index is 1.91. The second-order valence-corrected chi connectivity index (χ2v) is 8.33. The molecule has 9 heteroatoms. The third-order valence-corrected chi connectivity index (χ3v) is 5.72. The molecular weight excluding hydrogens is 359 g/mol. The Morgan fingerprint density at radius 2 is 2.12 bits per heavy atom. The molecule has 1 atom stereocenters. The maximum atomic E-state index is 13.5. The highest BCUT2D eigenvalue weighted by Gasteiger charge is 2.38. The maximum Gasteiger partial charge on any atom is 0.246 e. The highest BCUT2D eigenvalue weighted by molar-refractivity contribution is 7.88. The summed E-state index contributed by atoms with van der Waals surface area (Å²) in [5.74, 6) is -0.108. The van der Waals surface area contributed by atoms with Crippen LogP contribution in [0.2, 0.25) is 0 Å². The number of carbonyl (C=O) groups excluding carboxylic acids is 1. The zero-order chi connectivity index (χ0) is 18.9. The van der Waals surface area contributed by atoms with Gasteiger partial charge in [-0.3, -0.25) is 14.4 Å². The van der Waals surface area contributed by atoms with Gasteiger partial charge in [-0.1, -0.05) is 12.1 Å². The minimum Gasteiger partial charge on any atom is -0.296 e. The number of sulfonamides is 1. The van der Waals surface area contributed by atoms with E-state index in [0.29, 0.717) is 30.8 Å². The number of aryl methyl sites for hydroxylation is 1. The van der Waals surface area contributed by atoms with E-state index in [1.165, 1.54) is 18.2 Å². The Labute approximate surface area is 152 Å². The molecule has 0 aliphatic carbocycles. The second-order valence-electron chi connectivity index (χ2n) is 6.40. The first kappa shape index (κ1) is 18.5. The van der Waals surface area contributed by atoms with Gasteiger partial charge in [0, 0.05) is 26.2 Å². The summed E-state index contributed by atoms with van der Waals surface area (Å²) in [5.41, 5.74) is 0.501. The van der Waals surface area contributed by atoms with Crippen molar-refractivity contribution >= 4 is 21.7 Å². The number of anilines is 1. The topological polar surface area (TPSA) is 75.5 Å². The summed E-state index contributed by atoms with van der Waals surface area (Å²) in [6.07, 6.45) is 3.75. The number of carbonyl (C=O) groups is 1. The molecule has 1 fully saturated rings. The van der Waals surface area contributed by atoms with E-state index in [0.717, 1.165) is 10.6 Å². The van der Waals surface area contributed by atoms with Crippen LogP contribution in [0.5, 0.6) is 0 Å². The Morgan fingerprint density at radius 3 is 2.73 bits per heavy atom. The fraction of sp³-hybridized carbons (Fsp3) is 0.412. The normalized spacial score (nSPS) is 18.5. The first-order valence-corrected chi connectivity index (χ1v) is 10.1. The van der Waals surface area contributed by atoms with Gasteiger partial charge in [-0.2, -0.15) is 9.40 Å². The average molecular weight is 380 g/mol. The highest BCUT2D eigenvalue weighted by Crippen LogP contribution is 2.26. The number of benzene rings is 1. The molecule has 26 heavy (non-hydrogen) atoms. The Kier molecular flexibility index (Phi) is 5.10. The SMILES string of the molecule is Cn1nccc1N1CCC[C@@H](N(Cc2cccc(F)c2)S(C)(=O)=O)C1=O. The summed E-state index contributed by atoms with van der Waals surface area (Å²) < 4.78 is 41.0. The number of nitrogens with zero attached hydrogens (tertiary/aromatic N) is 4. The van der Waals surface area contributed by atoms with Crippen LogP contribution < -0.4 is 4.90 Å². The fourth-order valence-electron chi connectivity index (χ4n) is 3.26. The van der Waals surface area contributed by atoms with E-state index in [9.17, 15) is 17.6 Å². The maximum absolute atomic E-state index is 13.5. The van der Waals surface area contributed by atoms with Gasteiger partial charge < -0.3 is 0 Å². The standard InChI is InChI=1S/C17H21FN4O3S/c1-20-16(8-9-19-20)21-10-4-7-15(17(21)23)22(26(2,24)25)12-13-5-3-6-14(18)11-13/h3,5-6,8-9,11,15H,4,7,10,12H2,1-2H3/t15-/m1/s1. The Morgan fingerprint density at radius 1 is 1.35 bits per heavy atom. The number of hydrogen-bond donors (Lipinski definition) is 0. The lowest BCUT2D eigenvalue weighted by atomic mass is 10.0. The molecule has 0 N–H and O–H groups in total. The van der Waals surface area contributed by atoms with Crippen LogP contribution in [0.15, 0.2) is 36.5 Å². The van der Waals surface area contributed by atoms with Crippen molar-refractivity contribution in [3.05, 3.63) is 47.9 Å². The molecule has 1 aliphatic heterocycles. The molecule has 0 saturated carbocycles. The van der Waals surface area contributed by atoms with Gasteiger partial charge in [-0.15, -0.1) is 0 Å². The van der Waals surface area contributed by atoms with Crippen LogP contribution in [-0.4, -0.2) is 47.3 Å². The van der Waals surface area contributed by atoms with Gasteiger partial charge >= 0.3 is 0 Å². The number of aromatic nitrogens is 2. The molecule has 0 radical (unpaired) electrons. The summed E-state index contributed by atoms with van der Waals surface area (Å²) in [5, 5.41) is 4.07. The molecule has 0 bridgehead atoms. The van der Waals surface area contributed by atoms with Crippen LogP contribution in [0.3, 0.4) is 0 Å². The van der Waals surface area contributed by atoms with E-state index in [-0.39, 0.29) is 12.5 Å². The van der Waals surface area contributed by atoms with Crippen molar-refractivity contribution in [1.82, 2.24) is 14.1 Å². The van der Waals surface area contributed by atoms with Crippen LogP contribution >= 0.6 is 0 Å². The molecule has 3 rings (SSSR count). The van der Waals surface area contributed by atoms with Gasteiger partial charge in [-0.25, -0.2) is 12.8 Å². The summed E-state index contributed by atoms with van der Waals surface area (Å²) in [6.45, 7) is 0.457. The van der Waals surface area contributed by atoms with E-state index < -0.39 is 21.9 Å². The van der Waals surface area contributed by atoms with Gasteiger partial charge in [0.1, 0.15) is 17.7 Å². The van der Waals surface area contributed by atoms with Crippen LogP contribution in [-0.2, 0) is 28.4 Å². The van der Waals surface area contributed by atoms with Crippen molar-refractivity contribution < 1.29 is 17.6 Å². The number of halogens is 1. The van der Waals surface area contributed by atoms with Gasteiger partial charge in [0.2, 0.25) is 15.9 Å². The van der Waals surface area contributed by atoms with Gasteiger partial charge in [0.25, 0.3) is 0 Å². The Hall–Kier alpha value is -2.26. The van der Waals surface area contributed by atoms with E-state index in [4.69, 9.17) is 0 Å². The predicted molar refractivity (Wildman–Crippen MR) is 95.4 cm³/mol. The van der Waals surface area contributed by atoms with Crippen LogP contribution in [0.4, 0.5) is 10.2 Å². The van der Waals surface area contributed by atoms with E-state index in [2.05, 4.69) is 5.10 Å². The highest BCUT2D eigenvalue weighted by atomic mass is 32.2. The van der Waals surface area contributed by atoms with Gasteiger partial charge in [-0.05, 0) is 30.5 Å². The van der Waals surface area contributed by atoms with Gasteiger partial charge in [0.05, 0.1) is 12.5 Å². The van der Waals surface area contributed by atoms with Crippen LogP contribution in [0, 0.1) is 5.82 Å². The van der Waals surface area contributed by atoms with E-state index in [1.807, 2.05) is 0 Å². The second kappa shape index (κ2) is 7.16. The first-order valence-electron chi connectivity index (χ1n) is 8.28. The predicted octanol–water partition coefficient (Wildman–Crippen LogP) is 1.52. The van der Waals surface area contributed by atoms with Crippen molar-refractivity contribution in [2.24, 2.45) is 7.05 Å². The average Bonchev–Trinajstić information content (AvgIpc) is 2.98. The van der Waals surface area contributed by atoms with E-state index in [1.54, 1.807) is 35.0 Å². The summed E-state index contributed by atoms with van der Waals surface area (Å²) in [4.78, 5) is 14.6. The third kappa shape index (κ3) is 3.78. The Bertz CT molecular complexity index is 912. The largest absolute Gasteiger partial charge is 0.296 e. The van der Waals surface area contributed by atoms with Crippen LogP contribution in [0.25, 0.3) is 0 Å². The fourth-order valence-corrected chi connectivity index (χ4v) is 4.30. The molecule has 2 heterocycles. The number of piperidine rings is 1. The van der Waals surface area contributed by atoms with Crippen molar-refractivity contribution in [2.45, 2.75) is 25.4 Å². The summed E-state index contributed by atoms with van der Waals surface area (Å²) in [7, 11) is -1.94. The lowest BCUT2D eigenvalue weighted by Gasteiger charge is -2.37. The molecule has 2 aromatic rings. The molecule has 140 valence electrons. The molecule has 7 nitrogen and oxygen atoms in total. The molecule has 1 aromatic heterocycles. The van der Waals surface area contributed by atoms with E-state index >= 15 is 0 Å². The molecular formula is C17H21FN4O3S. The lowest BCUT2D eigenvalue weighted by Crippen LogP contribution is -2.54. The molecule has 1 saturated heterocycles. The molecule has 0 unspecified atom stereocenters. The quantitative estimate of drug-likeness (QED) is 0.788. The van der Waals surface area contributed by atoms with Crippen molar-refractivity contribution in [2.75, 3.05) is 17.7 Å². The first-order chi connectivity index (χ1) is 12.3. The number of rotatable bonds is 5. The van der Waals surface area contributed by atoms with Crippen molar-refractivity contribution in [3.8, 4) is 0 Å². The van der Waals surface area contributed by atoms with Crippen LogP contribution in [0.1, 0.15) is 18.4 Å². The molecule has 1 aliphatic rings. The number of amides is 1. The van der Waals surface area contributed by atoms with Crippen molar-refractivity contribution in [1.29, 1.82) is 0 Å². The zero-order valence-corrected chi connectivity index (χ0v) is 15.5. The number of hydrogen-bond acceptors (Lipinski definition) is 4. The smallest absolute Gasteiger partial charge is 0.246 e. The molecule has 1 amide bonds. The van der Waals surface area contributed by atoms with Gasteiger partial charge in [0.15, 0.2) is 0 Å². The lowest BCUT2D eigenvalue weighted by molar-refractivity contribution is -0.123.